The molecule has 3 fully saturated rings. The first-order valence-electron chi connectivity index (χ1n) is 11.8. The summed E-state index contributed by atoms with van der Waals surface area (Å²) in [6.45, 7) is 3.82. The predicted octanol–water partition coefficient (Wildman–Crippen LogP) is 2.91. The van der Waals surface area contributed by atoms with Gasteiger partial charge in [0.1, 0.15) is 0 Å². The Morgan fingerprint density at radius 1 is 0.969 bits per heavy atom. The number of piperidine rings is 1. The third-order valence-corrected chi connectivity index (χ3v) is 7.93. The van der Waals surface area contributed by atoms with Crippen LogP contribution in [0.2, 0.25) is 0 Å². The first kappa shape index (κ1) is 19.7. The highest BCUT2D eigenvalue weighted by Crippen LogP contribution is 2.41. The van der Waals surface area contributed by atoms with Crippen LogP contribution in [0, 0.1) is 11.8 Å². The van der Waals surface area contributed by atoms with Crippen LogP contribution in [0.1, 0.15) is 42.1 Å². The minimum absolute atomic E-state index is 0.0124. The van der Waals surface area contributed by atoms with Crippen molar-refractivity contribution < 1.29 is 4.79 Å². The molecule has 7 heteroatoms. The molecule has 0 unspecified atom stereocenters. The molecule has 7 nitrogen and oxygen atoms in total. The van der Waals surface area contributed by atoms with Gasteiger partial charge < -0.3 is 14.8 Å². The number of amides is 1. The van der Waals surface area contributed by atoms with E-state index in [1.165, 1.54) is 12.8 Å². The van der Waals surface area contributed by atoms with Gasteiger partial charge in [-0.15, -0.1) is 0 Å². The monoisotopic (exact) mass is 431 g/mol. The highest BCUT2D eigenvalue weighted by atomic mass is 16.2. The molecule has 3 aliphatic rings. The van der Waals surface area contributed by atoms with Crippen molar-refractivity contribution in [3.05, 3.63) is 64.8 Å². The van der Waals surface area contributed by atoms with Crippen molar-refractivity contribution in [3.8, 4) is 0 Å². The average molecular weight is 432 g/mol. The molecule has 6 rings (SSSR count). The molecule has 4 heterocycles. The zero-order valence-electron chi connectivity index (χ0n) is 18.2. The maximum Gasteiger partial charge on any atom is 0.326 e. The molecule has 166 valence electrons. The Labute approximate surface area is 187 Å². The number of hydrogen-bond donors (Lipinski definition) is 1. The number of aromatic amines is 1. The van der Waals surface area contributed by atoms with Crippen LogP contribution in [-0.2, 0) is 0 Å². The van der Waals surface area contributed by atoms with Gasteiger partial charge in [0.25, 0.3) is 5.91 Å². The Hall–Kier alpha value is -2.93. The van der Waals surface area contributed by atoms with Crippen LogP contribution in [-0.4, -0.2) is 62.5 Å². The molecule has 3 aromatic rings. The lowest BCUT2D eigenvalue weighted by molar-refractivity contribution is 0.0765. The van der Waals surface area contributed by atoms with Gasteiger partial charge in [0.05, 0.1) is 16.6 Å². The molecule has 1 aromatic carbocycles. The lowest BCUT2D eigenvalue weighted by atomic mass is 10.0. The summed E-state index contributed by atoms with van der Waals surface area (Å²) in [4.78, 5) is 37.1. The molecule has 1 aliphatic carbocycles. The lowest BCUT2D eigenvalue weighted by Gasteiger charge is -2.37. The fourth-order valence-corrected chi connectivity index (χ4v) is 6.35. The lowest BCUT2D eigenvalue weighted by Crippen LogP contribution is -2.42. The number of H-pyrrole nitrogens is 1. The molecule has 3 atom stereocenters. The number of carbonyl (C=O) groups is 1. The Balaban J connectivity index is 1.07. The molecule has 1 saturated carbocycles. The largest absolute Gasteiger partial charge is 0.338 e. The smallest absolute Gasteiger partial charge is 0.326 e. The summed E-state index contributed by atoms with van der Waals surface area (Å²) >= 11 is 0. The number of aromatic nitrogens is 3. The summed E-state index contributed by atoms with van der Waals surface area (Å²) in [7, 11) is 0. The number of carbonyl (C=O) groups excluding carboxylic acids is 1. The summed E-state index contributed by atoms with van der Waals surface area (Å²) in [5, 5.41) is 0. The van der Waals surface area contributed by atoms with Gasteiger partial charge in [-0.05, 0) is 61.8 Å². The second kappa shape index (κ2) is 7.89. The van der Waals surface area contributed by atoms with Gasteiger partial charge >= 0.3 is 5.69 Å². The number of benzene rings is 1. The van der Waals surface area contributed by atoms with Crippen molar-refractivity contribution in [2.24, 2.45) is 11.8 Å². The average Bonchev–Trinajstić information content (AvgIpc) is 3.50. The summed E-state index contributed by atoms with van der Waals surface area (Å²) in [6.07, 6.45) is 7.76. The Morgan fingerprint density at radius 3 is 2.44 bits per heavy atom. The van der Waals surface area contributed by atoms with Crippen LogP contribution in [0.25, 0.3) is 11.0 Å². The topological polar surface area (TPSA) is 74.2 Å². The van der Waals surface area contributed by atoms with Crippen molar-refractivity contribution in [2.45, 2.75) is 37.8 Å². The van der Waals surface area contributed by atoms with E-state index < -0.39 is 0 Å². The van der Waals surface area contributed by atoms with Gasteiger partial charge in [0, 0.05) is 50.7 Å². The summed E-state index contributed by atoms with van der Waals surface area (Å²) < 4.78 is 1.97. The van der Waals surface area contributed by atoms with Crippen molar-refractivity contribution in [1.29, 1.82) is 0 Å². The Bertz CT molecular complexity index is 1160. The maximum absolute atomic E-state index is 12.8. The Morgan fingerprint density at radius 2 is 1.72 bits per heavy atom. The first-order valence-corrected chi connectivity index (χ1v) is 11.8. The minimum atomic E-state index is 0.0124. The normalized spacial score (nSPS) is 26.6. The molecular formula is C25H29N5O2. The summed E-state index contributed by atoms with van der Waals surface area (Å²) in [5.41, 5.74) is 2.65. The third kappa shape index (κ3) is 3.35. The number of likely N-dealkylation sites (tertiary alicyclic amines) is 2. The van der Waals surface area contributed by atoms with Gasteiger partial charge in [0.15, 0.2) is 0 Å². The van der Waals surface area contributed by atoms with E-state index in [0.717, 1.165) is 50.1 Å². The molecular weight excluding hydrogens is 402 g/mol. The number of para-hydroxylation sites is 2. The van der Waals surface area contributed by atoms with Crippen LogP contribution in [0.3, 0.4) is 0 Å². The van der Waals surface area contributed by atoms with Crippen molar-refractivity contribution in [2.75, 3.05) is 26.2 Å². The van der Waals surface area contributed by atoms with E-state index in [1.807, 2.05) is 45.9 Å². The number of pyridine rings is 1. The summed E-state index contributed by atoms with van der Waals surface area (Å²) in [5.74, 6) is 1.33. The summed E-state index contributed by atoms with van der Waals surface area (Å²) in [6, 6.07) is 12.5. The molecule has 1 amide bonds. The first-order chi connectivity index (χ1) is 15.7. The number of rotatable bonds is 3. The maximum atomic E-state index is 12.8. The fraction of sp³-hybridized carbons (Fsp3) is 0.480. The molecule has 2 aromatic heterocycles. The standard InChI is InChI=1S/C25H29N5O2/c31-24(17-4-3-9-26-14-17)29-15-18-12-21(13-19(18)16-29)28-10-7-20(8-11-28)30-23-6-2-1-5-22(23)27-25(30)32/h1-6,9,14,18-21H,7-8,10-13,15-16H2,(H,27,32)/t18-,19+,21+. The zero-order chi connectivity index (χ0) is 21.7. The number of imidazole rings is 1. The van der Waals surface area contributed by atoms with E-state index in [2.05, 4.69) is 14.9 Å². The van der Waals surface area contributed by atoms with Crippen LogP contribution >= 0.6 is 0 Å². The second-order valence-electron chi connectivity index (χ2n) is 9.68. The van der Waals surface area contributed by atoms with E-state index in [9.17, 15) is 9.59 Å². The van der Waals surface area contributed by atoms with Crippen molar-refractivity contribution >= 4 is 16.9 Å². The molecule has 0 bridgehead atoms. The number of hydrogen-bond acceptors (Lipinski definition) is 4. The SMILES string of the molecule is O=C(c1cccnc1)N1C[C@H]2C[C@H](N3CCC(n4c(=O)[nH]c5ccccc54)CC3)C[C@H]2C1. The van der Waals surface area contributed by atoms with E-state index in [-0.39, 0.29) is 17.6 Å². The fourth-order valence-electron chi connectivity index (χ4n) is 6.35. The van der Waals surface area contributed by atoms with E-state index in [4.69, 9.17) is 0 Å². The van der Waals surface area contributed by atoms with E-state index in [0.29, 0.717) is 23.4 Å². The van der Waals surface area contributed by atoms with Gasteiger partial charge in [-0.2, -0.15) is 0 Å². The van der Waals surface area contributed by atoms with Crippen LogP contribution in [0.5, 0.6) is 0 Å². The number of fused-ring (bicyclic) bond motifs is 2. The van der Waals surface area contributed by atoms with Crippen LogP contribution in [0.15, 0.2) is 53.6 Å². The second-order valence-corrected chi connectivity index (χ2v) is 9.68. The molecule has 2 saturated heterocycles. The zero-order valence-corrected chi connectivity index (χ0v) is 18.2. The molecule has 32 heavy (non-hydrogen) atoms. The predicted molar refractivity (Wildman–Crippen MR) is 123 cm³/mol. The minimum Gasteiger partial charge on any atom is -0.338 e. The van der Waals surface area contributed by atoms with Gasteiger partial charge in [-0.3, -0.25) is 14.3 Å². The van der Waals surface area contributed by atoms with Gasteiger partial charge in [0.2, 0.25) is 0 Å². The number of nitrogens with one attached hydrogen (secondary N) is 1. The van der Waals surface area contributed by atoms with Crippen LogP contribution < -0.4 is 5.69 Å². The van der Waals surface area contributed by atoms with Crippen molar-refractivity contribution in [3.63, 3.8) is 0 Å². The quantitative estimate of drug-likeness (QED) is 0.692. The highest BCUT2D eigenvalue weighted by molar-refractivity contribution is 5.94. The molecule has 1 N–H and O–H groups in total. The molecule has 0 radical (unpaired) electrons. The third-order valence-electron chi connectivity index (χ3n) is 7.93. The van der Waals surface area contributed by atoms with Gasteiger partial charge in [-0.1, -0.05) is 12.1 Å². The number of nitrogens with zero attached hydrogens (tertiary/aromatic N) is 4. The highest BCUT2D eigenvalue weighted by Gasteiger charge is 2.44. The Kier molecular flexibility index (Phi) is 4.86. The van der Waals surface area contributed by atoms with Gasteiger partial charge in [-0.25, -0.2) is 4.79 Å². The molecule has 0 spiro atoms. The van der Waals surface area contributed by atoms with Crippen LogP contribution in [0.4, 0.5) is 0 Å². The van der Waals surface area contributed by atoms with Crippen molar-refractivity contribution in [1.82, 2.24) is 24.3 Å². The molecule has 2 aliphatic heterocycles. The van der Waals surface area contributed by atoms with E-state index in [1.54, 1.807) is 12.4 Å². The van der Waals surface area contributed by atoms with E-state index >= 15 is 0 Å².